The first-order valence-electron chi connectivity index (χ1n) is 19.8. The van der Waals surface area contributed by atoms with E-state index >= 15 is 0 Å². The van der Waals surface area contributed by atoms with Gasteiger partial charge in [0.15, 0.2) is 5.82 Å². The maximum absolute atomic E-state index is 12.3. The zero-order chi connectivity index (χ0) is 39.2. The number of carbonyl (C=O) groups is 1. The van der Waals surface area contributed by atoms with E-state index in [0.29, 0.717) is 65.2 Å². The number of hydrogen-bond acceptors (Lipinski definition) is 9. The standard InChI is InChI=1S/C41H69N7O6/c1-8-10-11-16-43-39(44-37(42)12-9-2)38-33(3)15-17-48(38)31-35-14-13-34(30-36(35)50-7)32-54-29-28-53-27-26-52-25-24-51-23-22-46-18-20-47(21-19-46)40(49)45-41(4,5)6/h13-15,17,30,43H,3,8-12,16,18-29,31-32H2,1-2,4-7H3,(H2,42,44)(H,45,49)/b39-38+. The SMILES string of the molecule is C=c1ccn(Cc2ccc(COCCOCCOCCOCCN3CCN(C(=O)NC(C)(C)C)CC3)cc2OC)/c1=C(/N=C(/N)CCC)NCCCCC. The molecule has 13 heteroatoms. The van der Waals surface area contributed by atoms with Crippen molar-refractivity contribution in [2.45, 2.75) is 85.4 Å². The van der Waals surface area contributed by atoms with Gasteiger partial charge in [0.1, 0.15) is 11.6 Å². The van der Waals surface area contributed by atoms with Gasteiger partial charge in [-0.15, -0.1) is 0 Å². The molecule has 1 fully saturated rings. The maximum atomic E-state index is 12.3. The predicted molar refractivity (Wildman–Crippen MR) is 217 cm³/mol. The summed E-state index contributed by atoms with van der Waals surface area (Å²) >= 11 is 0. The van der Waals surface area contributed by atoms with Crippen molar-refractivity contribution in [3.63, 3.8) is 0 Å². The fraction of sp³-hybridized carbons (Fsp3) is 0.659. The van der Waals surface area contributed by atoms with Gasteiger partial charge in [-0.25, -0.2) is 9.79 Å². The van der Waals surface area contributed by atoms with Crippen LogP contribution in [0.25, 0.3) is 12.4 Å². The number of hydrogen-bond donors (Lipinski definition) is 3. The zero-order valence-electron chi connectivity index (χ0n) is 34.1. The van der Waals surface area contributed by atoms with Crippen molar-refractivity contribution in [2.75, 3.05) is 92.6 Å². The Hall–Kier alpha value is -3.62. The lowest BCUT2D eigenvalue weighted by Crippen LogP contribution is -2.55. The van der Waals surface area contributed by atoms with Gasteiger partial charge < -0.3 is 49.5 Å². The number of unbranched alkanes of at least 4 members (excludes halogenated alkanes) is 2. The number of amides is 2. The molecular weight excluding hydrogens is 686 g/mol. The molecule has 1 aliphatic heterocycles. The molecule has 13 nitrogen and oxygen atoms in total. The number of amidine groups is 1. The number of urea groups is 1. The van der Waals surface area contributed by atoms with Crippen molar-refractivity contribution >= 4 is 24.3 Å². The zero-order valence-corrected chi connectivity index (χ0v) is 34.1. The van der Waals surface area contributed by atoms with E-state index in [0.717, 1.165) is 105 Å². The van der Waals surface area contributed by atoms with E-state index in [-0.39, 0.29) is 11.6 Å². The molecular formula is C41H69N7O6. The second-order valence-electron chi connectivity index (χ2n) is 14.7. The number of rotatable bonds is 25. The topological polar surface area (TPSA) is 137 Å². The Balaban J connectivity index is 1.32. The summed E-state index contributed by atoms with van der Waals surface area (Å²) in [6.45, 7) is 24.2. The Bertz CT molecular complexity index is 1510. The summed E-state index contributed by atoms with van der Waals surface area (Å²) in [5.74, 6) is 2.17. The van der Waals surface area contributed by atoms with Crippen LogP contribution < -0.4 is 31.7 Å². The van der Waals surface area contributed by atoms with Crippen molar-refractivity contribution in [2.24, 2.45) is 10.7 Å². The summed E-state index contributed by atoms with van der Waals surface area (Å²) in [5, 5.41) is 8.39. The molecule has 2 amide bonds. The Morgan fingerprint density at radius 1 is 0.907 bits per heavy atom. The van der Waals surface area contributed by atoms with Crippen LogP contribution >= 0.6 is 0 Å². The number of aliphatic imine (C=N–C) groups is 1. The molecule has 304 valence electrons. The summed E-state index contributed by atoms with van der Waals surface area (Å²) in [6, 6.07) is 8.21. The van der Waals surface area contributed by atoms with Gasteiger partial charge in [-0.2, -0.15) is 0 Å². The van der Waals surface area contributed by atoms with Gasteiger partial charge in [-0.3, -0.25) is 4.90 Å². The predicted octanol–water partition coefficient (Wildman–Crippen LogP) is 3.65. The molecule has 1 aliphatic rings. The molecule has 0 aliphatic carbocycles. The second kappa shape index (κ2) is 24.7. The first kappa shape index (κ1) is 44.8. The number of ether oxygens (including phenoxy) is 5. The van der Waals surface area contributed by atoms with Crippen LogP contribution in [0.1, 0.15) is 77.8 Å². The smallest absolute Gasteiger partial charge is 0.317 e. The summed E-state index contributed by atoms with van der Waals surface area (Å²) in [6.07, 6.45) is 7.09. The van der Waals surface area contributed by atoms with Crippen LogP contribution in [0, 0.1) is 0 Å². The number of nitrogens with two attached hydrogens (primary N) is 1. The lowest BCUT2D eigenvalue weighted by Gasteiger charge is -2.36. The summed E-state index contributed by atoms with van der Waals surface area (Å²) in [4.78, 5) is 21.3. The van der Waals surface area contributed by atoms with Gasteiger partial charge in [0.05, 0.1) is 71.9 Å². The summed E-state index contributed by atoms with van der Waals surface area (Å²) in [7, 11) is 1.69. The van der Waals surface area contributed by atoms with Crippen LogP contribution in [0.3, 0.4) is 0 Å². The fourth-order valence-corrected chi connectivity index (χ4v) is 5.96. The summed E-state index contributed by atoms with van der Waals surface area (Å²) < 4.78 is 30.9. The molecule has 1 saturated heterocycles. The Morgan fingerprint density at radius 2 is 1.57 bits per heavy atom. The molecule has 2 aromatic rings. The molecule has 0 saturated carbocycles. The number of piperazine rings is 1. The van der Waals surface area contributed by atoms with E-state index in [9.17, 15) is 4.79 Å². The number of carbonyl (C=O) groups excluding carboxylic acids is 1. The third-order valence-electron chi connectivity index (χ3n) is 8.88. The quantitative estimate of drug-likeness (QED) is 0.0789. The minimum Gasteiger partial charge on any atom is -0.496 e. The molecule has 54 heavy (non-hydrogen) atoms. The molecule has 2 heterocycles. The molecule has 0 unspecified atom stereocenters. The lowest BCUT2D eigenvalue weighted by atomic mass is 10.1. The van der Waals surface area contributed by atoms with E-state index in [1.165, 1.54) is 0 Å². The fourth-order valence-electron chi connectivity index (χ4n) is 5.96. The highest BCUT2D eigenvalue weighted by molar-refractivity contribution is 5.83. The van der Waals surface area contributed by atoms with Gasteiger partial charge in [-0.1, -0.05) is 45.4 Å². The first-order valence-corrected chi connectivity index (χ1v) is 19.8. The second-order valence-corrected chi connectivity index (χ2v) is 14.7. The molecule has 1 aromatic heterocycles. The number of aromatic nitrogens is 1. The number of benzene rings is 1. The monoisotopic (exact) mass is 756 g/mol. The Labute approximate surface area is 323 Å². The number of methoxy groups -OCH3 is 1. The molecule has 0 bridgehead atoms. The van der Waals surface area contributed by atoms with Crippen molar-refractivity contribution in [3.8, 4) is 5.75 Å². The molecule has 0 atom stereocenters. The normalized spacial score (nSPS) is 14.7. The van der Waals surface area contributed by atoms with E-state index in [1.54, 1.807) is 7.11 Å². The van der Waals surface area contributed by atoms with E-state index in [2.05, 4.69) is 52.7 Å². The maximum Gasteiger partial charge on any atom is 0.317 e. The number of nitrogens with zero attached hydrogens (tertiary/aromatic N) is 4. The highest BCUT2D eigenvalue weighted by Gasteiger charge is 2.23. The molecule has 1 aromatic carbocycles. The van der Waals surface area contributed by atoms with Crippen molar-refractivity contribution in [1.82, 2.24) is 25.0 Å². The highest BCUT2D eigenvalue weighted by Crippen LogP contribution is 2.21. The molecule has 0 spiro atoms. The van der Waals surface area contributed by atoms with Crippen LogP contribution in [-0.2, 0) is 32.1 Å². The Morgan fingerprint density at radius 3 is 2.20 bits per heavy atom. The average Bonchev–Trinajstić information content (AvgIpc) is 3.50. The van der Waals surface area contributed by atoms with Crippen molar-refractivity contribution in [3.05, 3.63) is 52.2 Å². The minimum atomic E-state index is -0.222. The van der Waals surface area contributed by atoms with Crippen molar-refractivity contribution < 1.29 is 28.5 Å². The highest BCUT2D eigenvalue weighted by atomic mass is 16.6. The third-order valence-corrected chi connectivity index (χ3v) is 8.88. The third kappa shape index (κ3) is 16.8. The van der Waals surface area contributed by atoms with Gasteiger partial charge in [0.2, 0.25) is 0 Å². The average molecular weight is 756 g/mol. The minimum absolute atomic E-state index is 0.0111. The van der Waals surface area contributed by atoms with E-state index in [1.807, 2.05) is 44.0 Å². The van der Waals surface area contributed by atoms with E-state index in [4.69, 9.17) is 34.4 Å². The summed E-state index contributed by atoms with van der Waals surface area (Å²) in [5.41, 5.74) is 8.12. The largest absolute Gasteiger partial charge is 0.496 e. The van der Waals surface area contributed by atoms with Crippen LogP contribution in [0.2, 0.25) is 0 Å². The van der Waals surface area contributed by atoms with Crippen LogP contribution in [0.4, 0.5) is 4.79 Å². The van der Waals surface area contributed by atoms with Crippen LogP contribution in [0.5, 0.6) is 5.75 Å². The number of nitrogens with one attached hydrogen (secondary N) is 2. The lowest BCUT2D eigenvalue weighted by molar-refractivity contribution is -0.00678. The molecule has 4 N–H and O–H groups in total. The first-order chi connectivity index (χ1) is 26.0. The van der Waals surface area contributed by atoms with Crippen LogP contribution in [0.15, 0.2) is 35.5 Å². The Kier molecular flexibility index (Phi) is 20.5. The van der Waals surface area contributed by atoms with Crippen molar-refractivity contribution in [1.29, 1.82) is 0 Å². The van der Waals surface area contributed by atoms with Gasteiger partial charge in [0.25, 0.3) is 0 Å². The van der Waals surface area contributed by atoms with Crippen LogP contribution in [-0.4, -0.2) is 124 Å². The van der Waals surface area contributed by atoms with Gasteiger partial charge >= 0.3 is 6.03 Å². The van der Waals surface area contributed by atoms with Gasteiger partial charge in [0, 0.05) is 63.0 Å². The molecule has 0 radical (unpaired) electrons. The van der Waals surface area contributed by atoms with Gasteiger partial charge in [-0.05, 0) is 56.5 Å². The molecule has 3 rings (SSSR count). The van der Waals surface area contributed by atoms with E-state index < -0.39 is 0 Å².